The normalized spacial score (nSPS) is 15.1. The number of rotatable bonds is 6. The van der Waals surface area contributed by atoms with Crippen molar-refractivity contribution in [3.63, 3.8) is 0 Å². The van der Waals surface area contributed by atoms with E-state index >= 15 is 0 Å². The average Bonchev–Trinajstić information content (AvgIpc) is 2.96. The largest absolute Gasteiger partial charge is 0.395 e. The van der Waals surface area contributed by atoms with Gasteiger partial charge in [0, 0.05) is 30.0 Å². The first-order valence-corrected chi connectivity index (χ1v) is 10.8. The SMILES string of the molecule is CC(CO)NS(=O)(=O)c1c(Cl)c(C(=O)Nc2ccc(F)c(F)c2)n2c1CCCC2. The smallest absolute Gasteiger partial charge is 0.273 e. The Labute approximate surface area is 171 Å². The molecule has 0 saturated heterocycles. The van der Waals surface area contributed by atoms with Gasteiger partial charge in [0.1, 0.15) is 10.6 Å². The van der Waals surface area contributed by atoms with E-state index in [1.807, 2.05) is 0 Å². The van der Waals surface area contributed by atoms with Crippen LogP contribution in [0.4, 0.5) is 14.5 Å². The standard InChI is InChI=1S/C18H20ClF2N3O4S/c1-10(9-25)23-29(27,28)17-14-4-2-3-7-24(14)16(15(17)19)18(26)22-11-5-6-12(20)13(21)8-11/h5-6,8,10,23,25H,2-4,7,9H2,1H3,(H,22,26). The second-order valence-corrected chi connectivity index (χ2v) is 8.86. The number of nitrogens with one attached hydrogen (secondary N) is 2. The van der Waals surface area contributed by atoms with Crippen LogP contribution in [-0.4, -0.2) is 36.6 Å². The van der Waals surface area contributed by atoms with Gasteiger partial charge in [-0.05, 0) is 38.3 Å². The summed E-state index contributed by atoms with van der Waals surface area (Å²) < 4.78 is 56.1. The van der Waals surface area contributed by atoms with Crippen LogP contribution in [0.1, 0.15) is 35.9 Å². The fraction of sp³-hybridized carbons (Fsp3) is 0.389. The lowest BCUT2D eigenvalue weighted by Crippen LogP contribution is -2.35. The van der Waals surface area contributed by atoms with Crippen molar-refractivity contribution in [2.75, 3.05) is 11.9 Å². The zero-order valence-corrected chi connectivity index (χ0v) is 17.1. The first-order valence-electron chi connectivity index (χ1n) is 8.96. The summed E-state index contributed by atoms with van der Waals surface area (Å²) in [5.41, 5.74) is 0.338. The number of nitrogens with zero attached hydrogens (tertiary/aromatic N) is 1. The Balaban J connectivity index is 2.04. The van der Waals surface area contributed by atoms with E-state index in [1.165, 1.54) is 13.0 Å². The lowest BCUT2D eigenvalue weighted by molar-refractivity contribution is 0.101. The topological polar surface area (TPSA) is 100 Å². The van der Waals surface area contributed by atoms with Gasteiger partial charge in [0.05, 0.1) is 11.6 Å². The van der Waals surface area contributed by atoms with Crippen LogP contribution in [0.3, 0.4) is 0 Å². The molecule has 2 heterocycles. The molecule has 3 N–H and O–H groups in total. The Morgan fingerprint density at radius 1 is 1.31 bits per heavy atom. The molecule has 29 heavy (non-hydrogen) atoms. The number of carbonyl (C=O) groups excluding carboxylic acids is 1. The molecule has 158 valence electrons. The Morgan fingerprint density at radius 2 is 2.03 bits per heavy atom. The van der Waals surface area contributed by atoms with Gasteiger partial charge < -0.3 is 15.0 Å². The van der Waals surface area contributed by atoms with Crippen LogP contribution < -0.4 is 10.0 Å². The molecule has 0 aliphatic carbocycles. The molecule has 1 aliphatic heterocycles. The molecule has 0 radical (unpaired) electrons. The number of amides is 1. The molecule has 0 spiro atoms. The number of fused-ring (bicyclic) bond motifs is 1. The Kier molecular flexibility index (Phi) is 6.27. The van der Waals surface area contributed by atoms with Crippen molar-refractivity contribution in [2.24, 2.45) is 0 Å². The van der Waals surface area contributed by atoms with Crippen molar-refractivity contribution in [2.45, 2.75) is 43.7 Å². The number of anilines is 1. The molecule has 0 bridgehead atoms. The van der Waals surface area contributed by atoms with E-state index in [0.29, 0.717) is 18.7 Å². The maximum atomic E-state index is 13.4. The monoisotopic (exact) mass is 447 g/mol. The van der Waals surface area contributed by atoms with Gasteiger partial charge in [-0.3, -0.25) is 4.79 Å². The quantitative estimate of drug-likeness (QED) is 0.633. The zero-order chi connectivity index (χ0) is 21.3. The van der Waals surface area contributed by atoms with E-state index in [0.717, 1.165) is 25.0 Å². The van der Waals surface area contributed by atoms with Gasteiger partial charge in [0.2, 0.25) is 10.0 Å². The molecule has 1 atom stereocenters. The Hall–Kier alpha value is -2.01. The lowest BCUT2D eigenvalue weighted by atomic mass is 10.1. The van der Waals surface area contributed by atoms with Crippen LogP contribution in [0.25, 0.3) is 0 Å². The summed E-state index contributed by atoms with van der Waals surface area (Å²) in [7, 11) is -4.09. The molecule has 2 aromatic rings. The van der Waals surface area contributed by atoms with Crippen molar-refractivity contribution in [1.82, 2.24) is 9.29 Å². The summed E-state index contributed by atoms with van der Waals surface area (Å²) in [5, 5.41) is 11.3. The molecule has 1 unspecified atom stereocenters. The molecule has 1 aromatic carbocycles. The highest BCUT2D eigenvalue weighted by Crippen LogP contribution is 2.36. The first kappa shape index (κ1) is 21.7. The molecular formula is C18H20ClF2N3O4S. The number of carbonyl (C=O) groups is 1. The molecule has 7 nitrogen and oxygen atoms in total. The predicted molar refractivity (Wildman–Crippen MR) is 104 cm³/mol. The minimum absolute atomic E-state index is 0.00719. The van der Waals surface area contributed by atoms with Crippen LogP contribution in [0.2, 0.25) is 5.02 Å². The molecule has 1 aliphatic rings. The summed E-state index contributed by atoms with van der Waals surface area (Å²) in [6, 6.07) is 2.14. The van der Waals surface area contributed by atoms with Gasteiger partial charge in [0.15, 0.2) is 11.6 Å². The summed E-state index contributed by atoms with van der Waals surface area (Å²) in [5.74, 6) is -2.92. The summed E-state index contributed by atoms with van der Waals surface area (Å²) in [4.78, 5) is 12.6. The first-order chi connectivity index (χ1) is 13.7. The van der Waals surface area contributed by atoms with Gasteiger partial charge in [-0.2, -0.15) is 0 Å². The molecule has 1 aromatic heterocycles. The molecule has 3 rings (SSSR count). The Morgan fingerprint density at radius 3 is 2.69 bits per heavy atom. The third-order valence-electron chi connectivity index (χ3n) is 4.60. The fourth-order valence-corrected chi connectivity index (χ4v) is 5.47. The summed E-state index contributed by atoms with van der Waals surface area (Å²) in [6.45, 7) is 1.47. The van der Waals surface area contributed by atoms with Crippen molar-refractivity contribution < 1.29 is 27.1 Å². The van der Waals surface area contributed by atoms with Crippen LogP contribution in [0.15, 0.2) is 23.1 Å². The zero-order valence-electron chi connectivity index (χ0n) is 15.5. The highest BCUT2D eigenvalue weighted by atomic mass is 35.5. The van der Waals surface area contributed by atoms with E-state index in [-0.39, 0.29) is 21.3 Å². The van der Waals surface area contributed by atoms with Crippen LogP contribution in [0, 0.1) is 11.6 Å². The van der Waals surface area contributed by atoms with E-state index < -0.39 is 40.2 Å². The van der Waals surface area contributed by atoms with E-state index in [1.54, 1.807) is 4.57 Å². The van der Waals surface area contributed by atoms with Gasteiger partial charge in [-0.25, -0.2) is 21.9 Å². The fourth-order valence-electron chi connectivity index (χ4n) is 3.29. The second kappa shape index (κ2) is 8.39. The number of hydrogen-bond acceptors (Lipinski definition) is 4. The number of aromatic nitrogens is 1. The highest BCUT2D eigenvalue weighted by Gasteiger charge is 2.34. The number of aliphatic hydroxyl groups is 1. The number of halogens is 3. The molecule has 1 amide bonds. The van der Waals surface area contributed by atoms with Gasteiger partial charge in [0.25, 0.3) is 5.91 Å². The molecule has 0 fully saturated rings. The van der Waals surface area contributed by atoms with E-state index in [2.05, 4.69) is 10.0 Å². The van der Waals surface area contributed by atoms with Gasteiger partial charge in [-0.1, -0.05) is 11.6 Å². The maximum Gasteiger partial charge on any atom is 0.273 e. The van der Waals surface area contributed by atoms with Gasteiger partial charge >= 0.3 is 0 Å². The van der Waals surface area contributed by atoms with Crippen molar-refractivity contribution in [1.29, 1.82) is 0 Å². The predicted octanol–water partition coefficient (Wildman–Crippen LogP) is 2.67. The molecular weight excluding hydrogens is 428 g/mol. The third-order valence-corrected chi connectivity index (χ3v) is 6.77. The van der Waals surface area contributed by atoms with Crippen molar-refractivity contribution >= 4 is 33.2 Å². The number of aliphatic hydroxyl groups excluding tert-OH is 1. The minimum atomic E-state index is -4.09. The lowest BCUT2D eigenvalue weighted by Gasteiger charge is -2.19. The summed E-state index contributed by atoms with van der Waals surface area (Å²) >= 11 is 6.35. The van der Waals surface area contributed by atoms with Crippen LogP contribution >= 0.6 is 11.6 Å². The van der Waals surface area contributed by atoms with E-state index in [9.17, 15) is 22.0 Å². The number of hydrogen-bond donors (Lipinski definition) is 3. The summed E-state index contributed by atoms with van der Waals surface area (Å²) in [6.07, 6.45) is 1.86. The highest BCUT2D eigenvalue weighted by molar-refractivity contribution is 7.89. The minimum Gasteiger partial charge on any atom is -0.395 e. The van der Waals surface area contributed by atoms with Crippen molar-refractivity contribution in [3.8, 4) is 0 Å². The second-order valence-electron chi connectivity index (χ2n) is 6.84. The number of benzene rings is 1. The average molecular weight is 448 g/mol. The number of sulfonamides is 1. The van der Waals surface area contributed by atoms with Gasteiger partial charge in [-0.15, -0.1) is 0 Å². The maximum absolute atomic E-state index is 13.4. The van der Waals surface area contributed by atoms with Crippen molar-refractivity contribution in [3.05, 3.63) is 46.2 Å². The third kappa shape index (κ3) is 4.30. The van der Waals surface area contributed by atoms with Crippen LogP contribution in [-0.2, 0) is 23.0 Å². The molecule has 11 heteroatoms. The molecule has 0 saturated carbocycles. The van der Waals surface area contributed by atoms with Crippen LogP contribution in [0.5, 0.6) is 0 Å². The Bertz CT molecular complexity index is 1060. The van der Waals surface area contributed by atoms with E-state index in [4.69, 9.17) is 16.7 Å².